The minimum absolute atomic E-state index is 0.154. The molecule has 30 heavy (non-hydrogen) atoms. The Morgan fingerprint density at radius 2 is 1.83 bits per heavy atom. The second kappa shape index (κ2) is 10.7. The summed E-state index contributed by atoms with van der Waals surface area (Å²) in [5, 5.41) is 10.9. The molecule has 1 fully saturated rings. The summed E-state index contributed by atoms with van der Waals surface area (Å²) in [6, 6.07) is 6.51. The molecule has 0 aliphatic heterocycles. The summed E-state index contributed by atoms with van der Waals surface area (Å²) < 4.78 is 4.65. The maximum atomic E-state index is 12.2. The number of carbonyl (C=O) groups excluding carboxylic acids is 3. The van der Waals surface area contributed by atoms with Gasteiger partial charge in [-0.2, -0.15) is 0 Å². The number of nitrogens with one attached hydrogen (secondary N) is 3. The van der Waals surface area contributed by atoms with Crippen molar-refractivity contribution in [3.63, 3.8) is 0 Å². The quantitative estimate of drug-likeness (QED) is 0.576. The first-order chi connectivity index (χ1) is 14.5. The third-order valence-electron chi connectivity index (χ3n) is 4.91. The van der Waals surface area contributed by atoms with E-state index in [1.54, 1.807) is 24.3 Å². The lowest BCUT2D eigenvalue weighted by molar-refractivity contribution is -0.116. The fourth-order valence-corrected chi connectivity index (χ4v) is 4.06. The summed E-state index contributed by atoms with van der Waals surface area (Å²) in [5.74, 6) is -0.577. The molecular formula is C21H26N4O4S. The lowest BCUT2D eigenvalue weighted by Gasteiger charge is -2.22. The number of rotatable bonds is 7. The standard InChI is InChI=1S/C21H26N4O4S/c1-29-19(27)14-7-9-16(10-8-14)22-18(26)12-11-17-13-30-21(24-17)25-20(28)23-15-5-3-2-4-6-15/h7-10,13,15H,2-6,11-12H2,1H3,(H,22,26)(H2,23,24,25,28). The first-order valence-corrected chi connectivity index (χ1v) is 10.9. The van der Waals surface area contributed by atoms with Gasteiger partial charge in [0.2, 0.25) is 5.91 Å². The number of thiazole rings is 1. The van der Waals surface area contributed by atoms with E-state index in [4.69, 9.17) is 0 Å². The van der Waals surface area contributed by atoms with E-state index in [9.17, 15) is 14.4 Å². The predicted molar refractivity (Wildman–Crippen MR) is 116 cm³/mol. The molecule has 1 aromatic heterocycles. The Morgan fingerprint density at radius 1 is 1.10 bits per heavy atom. The number of carbonyl (C=O) groups is 3. The largest absolute Gasteiger partial charge is 0.465 e. The van der Waals surface area contributed by atoms with E-state index in [0.717, 1.165) is 31.4 Å². The fourth-order valence-electron chi connectivity index (χ4n) is 3.32. The SMILES string of the molecule is COC(=O)c1ccc(NC(=O)CCc2csc(NC(=O)NC3CCCCC3)n2)cc1. The highest BCUT2D eigenvalue weighted by Gasteiger charge is 2.16. The number of methoxy groups -OCH3 is 1. The van der Waals surface area contributed by atoms with E-state index >= 15 is 0 Å². The minimum atomic E-state index is -0.423. The molecule has 2 aromatic rings. The number of hydrogen-bond acceptors (Lipinski definition) is 6. The van der Waals surface area contributed by atoms with Gasteiger partial charge in [-0.1, -0.05) is 19.3 Å². The van der Waals surface area contributed by atoms with E-state index in [0.29, 0.717) is 22.8 Å². The molecule has 1 aromatic carbocycles. The average Bonchev–Trinajstić information content (AvgIpc) is 3.20. The maximum Gasteiger partial charge on any atom is 0.337 e. The highest BCUT2D eigenvalue weighted by molar-refractivity contribution is 7.13. The molecular weight excluding hydrogens is 404 g/mol. The third-order valence-corrected chi connectivity index (χ3v) is 5.72. The Bertz CT molecular complexity index is 875. The van der Waals surface area contributed by atoms with Crippen molar-refractivity contribution in [2.75, 3.05) is 17.7 Å². The van der Waals surface area contributed by atoms with E-state index in [1.165, 1.54) is 24.9 Å². The van der Waals surface area contributed by atoms with Gasteiger partial charge in [-0.3, -0.25) is 10.1 Å². The number of anilines is 2. The smallest absolute Gasteiger partial charge is 0.337 e. The monoisotopic (exact) mass is 430 g/mol. The molecule has 0 atom stereocenters. The molecule has 1 saturated carbocycles. The van der Waals surface area contributed by atoms with Crippen LogP contribution in [0.1, 0.15) is 54.6 Å². The number of urea groups is 1. The fraction of sp³-hybridized carbons (Fsp3) is 0.429. The molecule has 0 saturated heterocycles. The number of aryl methyl sites for hydroxylation is 1. The van der Waals surface area contributed by atoms with Gasteiger partial charge >= 0.3 is 12.0 Å². The van der Waals surface area contributed by atoms with E-state index in [1.807, 2.05) is 5.38 Å². The zero-order chi connectivity index (χ0) is 21.3. The molecule has 1 aliphatic rings. The number of ether oxygens (including phenoxy) is 1. The predicted octanol–water partition coefficient (Wildman–Crippen LogP) is 3.96. The van der Waals surface area contributed by atoms with Crippen LogP contribution in [0.5, 0.6) is 0 Å². The zero-order valence-electron chi connectivity index (χ0n) is 16.9. The van der Waals surface area contributed by atoms with Gasteiger partial charge < -0.3 is 15.4 Å². The number of hydrogen-bond donors (Lipinski definition) is 3. The van der Waals surface area contributed by atoms with Gasteiger partial charge in [0.05, 0.1) is 18.4 Å². The summed E-state index contributed by atoms with van der Waals surface area (Å²) in [6.07, 6.45) is 6.33. The Morgan fingerprint density at radius 3 is 2.53 bits per heavy atom. The molecule has 3 amide bonds. The first-order valence-electron chi connectivity index (χ1n) is 10.0. The van der Waals surface area contributed by atoms with Crippen LogP contribution in [0.4, 0.5) is 15.6 Å². The number of amides is 3. The van der Waals surface area contributed by atoms with Gasteiger partial charge in [-0.05, 0) is 43.5 Å². The molecule has 0 unspecified atom stereocenters. The minimum Gasteiger partial charge on any atom is -0.465 e. The molecule has 0 spiro atoms. The van der Waals surface area contributed by atoms with Crippen LogP contribution in [0, 0.1) is 0 Å². The van der Waals surface area contributed by atoms with Crippen molar-refractivity contribution >= 4 is 40.1 Å². The molecule has 0 radical (unpaired) electrons. The first kappa shape index (κ1) is 21.8. The van der Waals surface area contributed by atoms with Crippen molar-refractivity contribution < 1.29 is 19.1 Å². The van der Waals surface area contributed by atoms with Crippen LogP contribution in [0.3, 0.4) is 0 Å². The molecule has 0 bridgehead atoms. The van der Waals surface area contributed by atoms with Crippen LogP contribution in [0.15, 0.2) is 29.6 Å². The number of nitrogens with zero attached hydrogens (tertiary/aromatic N) is 1. The van der Waals surface area contributed by atoms with Crippen molar-refractivity contribution in [2.45, 2.75) is 51.0 Å². The summed E-state index contributed by atoms with van der Waals surface area (Å²) in [4.78, 5) is 40.1. The molecule has 160 valence electrons. The number of benzene rings is 1. The topological polar surface area (TPSA) is 109 Å². The van der Waals surface area contributed by atoms with Crippen molar-refractivity contribution in [3.8, 4) is 0 Å². The van der Waals surface area contributed by atoms with E-state index in [-0.39, 0.29) is 24.4 Å². The summed E-state index contributed by atoms with van der Waals surface area (Å²) in [7, 11) is 1.32. The zero-order valence-corrected chi connectivity index (χ0v) is 17.7. The van der Waals surface area contributed by atoms with Crippen LogP contribution >= 0.6 is 11.3 Å². The summed E-state index contributed by atoms with van der Waals surface area (Å²) in [6.45, 7) is 0. The lowest BCUT2D eigenvalue weighted by atomic mass is 9.96. The second-order valence-electron chi connectivity index (χ2n) is 7.19. The normalized spacial score (nSPS) is 14.0. The molecule has 8 nitrogen and oxygen atoms in total. The van der Waals surface area contributed by atoms with Crippen molar-refractivity contribution in [1.29, 1.82) is 0 Å². The van der Waals surface area contributed by atoms with Crippen LogP contribution < -0.4 is 16.0 Å². The molecule has 1 aliphatic carbocycles. The van der Waals surface area contributed by atoms with Crippen LogP contribution in [0.2, 0.25) is 0 Å². The number of aromatic nitrogens is 1. The Balaban J connectivity index is 1.41. The van der Waals surface area contributed by atoms with Crippen LogP contribution in [0.25, 0.3) is 0 Å². The Labute approximate surface area is 179 Å². The lowest BCUT2D eigenvalue weighted by Crippen LogP contribution is -2.38. The highest BCUT2D eigenvalue weighted by atomic mass is 32.1. The van der Waals surface area contributed by atoms with Crippen molar-refractivity contribution in [1.82, 2.24) is 10.3 Å². The highest BCUT2D eigenvalue weighted by Crippen LogP contribution is 2.19. The Kier molecular flexibility index (Phi) is 7.78. The molecule has 3 rings (SSSR count). The molecule has 3 N–H and O–H groups in total. The van der Waals surface area contributed by atoms with Gasteiger partial charge in [0.25, 0.3) is 0 Å². The molecule has 1 heterocycles. The van der Waals surface area contributed by atoms with Gasteiger partial charge in [-0.15, -0.1) is 11.3 Å². The van der Waals surface area contributed by atoms with Gasteiger partial charge in [-0.25, -0.2) is 14.6 Å². The van der Waals surface area contributed by atoms with Crippen LogP contribution in [-0.4, -0.2) is 36.0 Å². The van der Waals surface area contributed by atoms with Gasteiger partial charge in [0.1, 0.15) is 0 Å². The average molecular weight is 431 g/mol. The second-order valence-corrected chi connectivity index (χ2v) is 8.05. The maximum absolute atomic E-state index is 12.2. The summed E-state index contributed by atoms with van der Waals surface area (Å²) >= 11 is 1.34. The van der Waals surface area contributed by atoms with Crippen LogP contribution in [-0.2, 0) is 16.0 Å². The van der Waals surface area contributed by atoms with Crippen molar-refractivity contribution in [2.24, 2.45) is 0 Å². The van der Waals surface area contributed by atoms with E-state index < -0.39 is 5.97 Å². The van der Waals surface area contributed by atoms with Gasteiger partial charge in [0.15, 0.2) is 5.13 Å². The van der Waals surface area contributed by atoms with E-state index in [2.05, 4.69) is 25.7 Å². The third kappa shape index (κ3) is 6.55. The summed E-state index contributed by atoms with van der Waals surface area (Å²) in [5.41, 5.74) is 1.78. The molecule has 9 heteroatoms. The Hall–Kier alpha value is -2.94. The number of esters is 1. The van der Waals surface area contributed by atoms with Crippen molar-refractivity contribution in [3.05, 3.63) is 40.9 Å². The van der Waals surface area contributed by atoms with Gasteiger partial charge in [0, 0.05) is 23.5 Å².